The summed E-state index contributed by atoms with van der Waals surface area (Å²) in [6.45, 7) is 23.1. The Labute approximate surface area is 457 Å². The smallest absolute Gasteiger partial charge is 0.373 e. The quantitative estimate of drug-likeness (QED) is 0.0798. The maximum atomic E-state index is 10.8. The van der Waals surface area contributed by atoms with Crippen LogP contribution in [0.2, 0.25) is 0 Å². The summed E-state index contributed by atoms with van der Waals surface area (Å²) in [5.74, 6) is 0. The molecule has 8 rings (SSSR count). The zero-order chi connectivity index (χ0) is 55.6. The molecule has 10 heteroatoms. The third kappa shape index (κ3) is 14.5. The highest BCUT2D eigenvalue weighted by Crippen LogP contribution is 2.43. The van der Waals surface area contributed by atoms with E-state index in [1.54, 1.807) is 6.20 Å². The van der Waals surface area contributed by atoms with Gasteiger partial charge in [0.15, 0.2) is 0 Å². The van der Waals surface area contributed by atoms with Gasteiger partial charge in [0.05, 0.1) is 11.2 Å². The lowest BCUT2D eigenvalue weighted by Gasteiger charge is -2.34. The van der Waals surface area contributed by atoms with E-state index in [2.05, 4.69) is 163 Å². The van der Waals surface area contributed by atoms with E-state index in [1.165, 1.54) is 61.2 Å². The third-order valence-electron chi connectivity index (χ3n) is 16.4. The zero-order valence-corrected chi connectivity index (χ0v) is 46.9. The number of nitrogens with zero attached hydrogens (tertiary/aromatic N) is 2. The number of pyridine rings is 2. The monoisotopic (exact) mass is 1040 g/mol. The van der Waals surface area contributed by atoms with E-state index in [-0.39, 0.29) is 23.6 Å². The first-order valence-corrected chi connectivity index (χ1v) is 27.5. The van der Waals surface area contributed by atoms with Crippen LogP contribution in [-0.2, 0) is 52.5 Å². The summed E-state index contributed by atoms with van der Waals surface area (Å²) in [6.07, 6.45) is 23.4. The molecule has 2 fully saturated rings. The van der Waals surface area contributed by atoms with Crippen LogP contribution in [0.3, 0.4) is 0 Å². The fraction of sp³-hybridized carbons (Fsp3) is 0.403. The van der Waals surface area contributed by atoms with Gasteiger partial charge in [-0.05, 0) is 144 Å². The van der Waals surface area contributed by atoms with Crippen molar-refractivity contribution < 1.29 is 38.8 Å². The van der Waals surface area contributed by atoms with Gasteiger partial charge in [0, 0.05) is 104 Å². The number of hydrogen-bond acceptors (Lipinski definition) is 10. The first-order chi connectivity index (χ1) is 37.1. The summed E-state index contributed by atoms with van der Waals surface area (Å²) < 4.78 is 15.7. The number of ether oxygens (including phenoxy) is 3. The van der Waals surface area contributed by atoms with E-state index in [0.29, 0.717) is 58.6 Å². The second kappa shape index (κ2) is 27.6. The van der Waals surface area contributed by atoms with Crippen molar-refractivity contribution in [2.75, 3.05) is 26.4 Å². The first kappa shape index (κ1) is 59.6. The Bertz CT molecular complexity index is 3000. The summed E-state index contributed by atoms with van der Waals surface area (Å²) >= 11 is 0. The molecule has 10 nitrogen and oxygen atoms in total. The van der Waals surface area contributed by atoms with Crippen LogP contribution in [0.4, 0.5) is 0 Å². The molecule has 0 radical (unpaired) electrons. The molecule has 0 spiro atoms. The van der Waals surface area contributed by atoms with Crippen molar-refractivity contribution in [3.8, 4) is 22.3 Å². The molecule has 2 aromatic heterocycles. The Morgan fingerprint density at radius 3 is 1.26 bits per heavy atom. The fourth-order valence-electron chi connectivity index (χ4n) is 11.3. The van der Waals surface area contributed by atoms with Crippen LogP contribution in [0.25, 0.3) is 34.4 Å². The van der Waals surface area contributed by atoms with Crippen molar-refractivity contribution in [2.45, 2.75) is 149 Å². The average molecular weight is 1040 g/mol. The van der Waals surface area contributed by atoms with Gasteiger partial charge in [-0.3, -0.25) is 14.8 Å². The molecule has 4 aromatic carbocycles. The molecule has 0 aliphatic carbocycles. The number of hydrogen-bond donors (Lipinski definition) is 2. The lowest BCUT2D eigenvalue weighted by atomic mass is 9.69. The number of benzene rings is 4. The van der Waals surface area contributed by atoms with E-state index in [4.69, 9.17) is 23.8 Å². The second-order valence-corrected chi connectivity index (χ2v) is 20.9. The summed E-state index contributed by atoms with van der Waals surface area (Å²) in [6, 6.07) is 31.6. The van der Waals surface area contributed by atoms with Crippen molar-refractivity contribution in [1.29, 1.82) is 0 Å². The van der Waals surface area contributed by atoms with Crippen molar-refractivity contribution in [3.05, 3.63) is 189 Å². The number of carbonyl (C=O) groups is 1. The summed E-state index contributed by atoms with van der Waals surface area (Å²) in [5, 5.41) is 21.6. The first-order valence-electron chi connectivity index (χ1n) is 27.5. The highest BCUT2D eigenvalue weighted by atomic mass is 16.5. The van der Waals surface area contributed by atoms with Gasteiger partial charge in [-0.25, -0.2) is 0 Å². The van der Waals surface area contributed by atoms with E-state index >= 15 is 0 Å². The largest absolute Gasteiger partial charge is 0.463 e. The minimum atomic E-state index is -0.782. The van der Waals surface area contributed by atoms with Crippen LogP contribution < -0.4 is 0 Å². The minimum Gasteiger partial charge on any atom is -0.463 e. The molecule has 2 saturated heterocycles. The standard InChI is InChI=1S/C33H39NO4.C33H41NO2.CO2/c1-5-33(6-2,29-8-7-27(24(3)17-29)11-12-32(36)13-15-37-16-14-32)30-9-10-31(25(4)18-30)28-19-26(20-34-21-28)22-38-23-35;1-6-26-21-28(23-34-22-26)31-12-11-30(20-25(31)5)33(7-2,8-3)29-10-9-27(24(4)19-29)13-14-32(35)15-17-36-18-16-32;2-1-3/h7-12,17-21,23,36H,5-6,13-16,22H2,1-4H3;9-14,19-23,35H,6-8,15-18H2,1-5H3;/b12-11+;14-13+;. The topological polar surface area (TPSA) is 145 Å². The molecule has 406 valence electrons. The molecule has 2 aliphatic heterocycles. The Morgan fingerprint density at radius 2 is 0.909 bits per heavy atom. The Morgan fingerprint density at radius 1 is 0.545 bits per heavy atom. The molecule has 0 atom stereocenters. The molecule has 0 amide bonds. The van der Waals surface area contributed by atoms with Gasteiger partial charge in [-0.15, -0.1) is 0 Å². The molecular formula is C67H80N2O8. The van der Waals surface area contributed by atoms with Crippen LogP contribution in [0, 0.1) is 27.7 Å². The zero-order valence-electron chi connectivity index (χ0n) is 46.9. The Kier molecular flexibility index (Phi) is 21.4. The maximum absolute atomic E-state index is 10.8. The van der Waals surface area contributed by atoms with Gasteiger partial charge in [0.2, 0.25) is 0 Å². The van der Waals surface area contributed by atoms with Crippen molar-refractivity contribution >= 4 is 24.8 Å². The van der Waals surface area contributed by atoms with E-state index in [1.807, 2.05) is 36.8 Å². The predicted octanol–water partition coefficient (Wildman–Crippen LogP) is 13.7. The van der Waals surface area contributed by atoms with Crippen molar-refractivity contribution in [1.82, 2.24) is 9.97 Å². The van der Waals surface area contributed by atoms with E-state index in [0.717, 1.165) is 59.9 Å². The van der Waals surface area contributed by atoms with Crippen LogP contribution in [0.5, 0.6) is 0 Å². The highest BCUT2D eigenvalue weighted by molar-refractivity contribution is 5.70. The fourth-order valence-corrected chi connectivity index (χ4v) is 11.3. The Hall–Kier alpha value is -6.65. The molecule has 0 unspecified atom stereocenters. The van der Waals surface area contributed by atoms with Gasteiger partial charge in [0.1, 0.15) is 6.61 Å². The summed E-state index contributed by atoms with van der Waals surface area (Å²) in [5.41, 5.74) is 17.6. The number of aromatic nitrogens is 2. The van der Waals surface area contributed by atoms with Gasteiger partial charge >= 0.3 is 6.15 Å². The molecule has 2 aliphatic rings. The number of aryl methyl sites for hydroxylation is 5. The number of aliphatic hydroxyl groups is 2. The lowest BCUT2D eigenvalue weighted by Crippen LogP contribution is -2.33. The van der Waals surface area contributed by atoms with Crippen molar-refractivity contribution in [3.63, 3.8) is 0 Å². The van der Waals surface area contributed by atoms with Crippen LogP contribution in [0.15, 0.2) is 122 Å². The summed E-state index contributed by atoms with van der Waals surface area (Å²) in [4.78, 5) is 35.6. The van der Waals surface area contributed by atoms with E-state index in [9.17, 15) is 15.0 Å². The average Bonchev–Trinajstić information content (AvgIpc) is 3.45. The molecular weight excluding hydrogens is 961 g/mol. The SMILES string of the molecule is CCC(CC)(c1ccc(/C=C/C2(O)CCOCC2)c(C)c1)c1ccc(-c2cncc(COC=O)c2)c(C)c1.CCc1cncc(-c2ccc(C(CC)(CC)c3ccc(/C=C/C4(O)CCOCC4)c(C)c3)cc2C)c1.O=C=O. The third-order valence-corrected chi connectivity index (χ3v) is 16.4. The van der Waals surface area contributed by atoms with Crippen LogP contribution in [-0.4, -0.2) is 70.4 Å². The second-order valence-electron chi connectivity index (χ2n) is 20.9. The van der Waals surface area contributed by atoms with Crippen LogP contribution >= 0.6 is 0 Å². The predicted molar refractivity (Wildman–Crippen MR) is 307 cm³/mol. The molecule has 0 bridgehead atoms. The normalized spacial score (nSPS) is 15.2. The van der Waals surface area contributed by atoms with Crippen LogP contribution in [0.1, 0.15) is 153 Å². The van der Waals surface area contributed by atoms with Crippen molar-refractivity contribution in [2.24, 2.45) is 0 Å². The molecule has 77 heavy (non-hydrogen) atoms. The van der Waals surface area contributed by atoms with Gasteiger partial charge in [-0.2, -0.15) is 9.59 Å². The maximum Gasteiger partial charge on any atom is 0.373 e. The van der Waals surface area contributed by atoms with Gasteiger partial charge in [0.25, 0.3) is 6.47 Å². The van der Waals surface area contributed by atoms with E-state index < -0.39 is 11.2 Å². The van der Waals surface area contributed by atoms with Gasteiger partial charge in [-0.1, -0.05) is 132 Å². The van der Waals surface area contributed by atoms with Gasteiger partial charge < -0.3 is 24.4 Å². The number of rotatable bonds is 18. The highest BCUT2D eigenvalue weighted by Gasteiger charge is 2.34. The minimum absolute atomic E-state index is 0.0429. The molecule has 2 N–H and O–H groups in total. The summed E-state index contributed by atoms with van der Waals surface area (Å²) in [7, 11) is 0. The molecule has 4 heterocycles. The number of carbonyl (C=O) groups excluding carboxylic acids is 3. The lowest BCUT2D eigenvalue weighted by molar-refractivity contribution is -0.191. The Balaban J connectivity index is 0.000000238. The molecule has 6 aromatic rings. The molecule has 0 saturated carbocycles.